The Morgan fingerprint density at radius 2 is 1.00 bits per heavy atom. The first kappa shape index (κ1) is 45.9. The number of piperidine rings is 2. The topological polar surface area (TPSA) is 42.4 Å². The van der Waals surface area contributed by atoms with Crippen LogP contribution in [0.4, 0.5) is 11.4 Å². The molecule has 0 radical (unpaired) electrons. The van der Waals surface area contributed by atoms with Crippen molar-refractivity contribution in [1.29, 1.82) is 0 Å². The van der Waals surface area contributed by atoms with Gasteiger partial charge in [-0.15, -0.1) is 0 Å². The maximum Gasteiger partial charge on any atom is 0.376 e. The molecule has 0 bridgehead atoms. The fourth-order valence-corrected chi connectivity index (χ4v) is 10.7. The summed E-state index contributed by atoms with van der Waals surface area (Å²) in [5, 5.41) is 10.2. The lowest BCUT2D eigenvalue weighted by molar-refractivity contribution is 0.177. The average Bonchev–Trinajstić information content (AvgIpc) is 4.06. The Morgan fingerprint density at radius 3 is 1.42 bits per heavy atom. The van der Waals surface area contributed by atoms with Crippen molar-refractivity contribution in [2.24, 2.45) is 0 Å². The second kappa shape index (κ2) is 23.0. The van der Waals surface area contributed by atoms with E-state index in [1.54, 1.807) is 11.1 Å². The van der Waals surface area contributed by atoms with Crippen LogP contribution in [-0.4, -0.2) is 92.4 Å². The lowest BCUT2D eigenvalue weighted by Crippen LogP contribution is -2.49. The molecule has 324 valence electrons. The number of likely N-dealkylation sites (tertiary alicyclic amines) is 1. The zero-order chi connectivity index (χ0) is 41.0. The van der Waals surface area contributed by atoms with Crippen molar-refractivity contribution in [2.75, 3.05) is 56.2 Å². The van der Waals surface area contributed by atoms with Gasteiger partial charge in [0.15, 0.2) is 0 Å². The molecule has 0 unspecified atom stereocenters. The molecule has 0 amide bonds. The summed E-state index contributed by atoms with van der Waals surface area (Å²) in [6, 6.07) is 38.1. The van der Waals surface area contributed by atoms with E-state index in [9.17, 15) is 5.02 Å². The Kier molecular flexibility index (Phi) is 17.6. The van der Waals surface area contributed by atoms with Gasteiger partial charge in [-0.3, -0.25) is 0 Å². The van der Waals surface area contributed by atoms with Gasteiger partial charge in [-0.25, -0.2) is 0 Å². The zero-order valence-electron chi connectivity index (χ0n) is 36.9. The number of rotatable bonds is 11. The molecule has 6 nitrogen and oxygen atoms in total. The van der Waals surface area contributed by atoms with Gasteiger partial charge in [-0.1, -0.05) is 105 Å². The predicted molar refractivity (Wildman–Crippen MR) is 257 cm³/mol. The zero-order valence-corrected chi connectivity index (χ0v) is 36.9. The van der Waals surface area contributed by atoms with Crippen molar-refractivity contribution in [3.05, 3.63) is 130 Å². The smallest absolute Gasteiger partial charge is 0.376 e. The molecule has 5 aliphatic rings. The standard InChI is InChI=1S/C24H33BN2O.C24H32N2.C4H8O.CH4/c1-19-9-3-6-13-24(19)26(23-17-20-10-4-5-11-21(20)18-23)16-14-22-12-7-8-15-27(22)25(2)28;1-19-9-3-6-13-24(19)26(16-14-22-12-7-8-15-25(22)2)23-17-20-10-4-5-11-21(20)18-23;1-2-4-5-3-1;/h3-6,9-11,13,22-23,28H,7-8,12,14-18H2,1-2H3;3-6,9-11,13,22-23H,7-8,12,14-18H2,1-2H3;1-4H2;1H4/t2*22-;;/m11../s1. The van der Waals surface area contributed by atoms with Crippen LogP contribution >= 0.6 is 0 Å². The maximum absolute atomic E-state index is 10.2. The van der Waals surface area contributed by atoms with Crippen molar-refractivity contribution in [2.45, 2.75) is 142 Å². The van der Waals surface area contributed by atoms with Crippen molar-refractivity contribution in [1.82, 2.24) is 9.71 Å². The van der Waals surface area contributed by atoms with Gasteiger partial charge < -0.3 is 29.3 Å². The molecule has 3 aliphatic heterocycles. The minimum Gasteiger partial charge on any atom is -0.437 e. The van der Waals surface area contributed by atoms with Crippen LogP contribution in [0.5, 0.6) is 0 Å². The number of ether oxygens (including phenoxy) is 1. The molecular formula is C53H77BN4O2. The number of nitrogens with zero attached hydrogens (tertiary/aromatic N) is 4. The molecule has 0 saturated carbocycles. The van der Waals surface area contributed by atoms with Gasteiger partial charge >= 0.3 is 7.05 Å². The summed E-state index contributed by atoms with van der Waals surface area (Å²) in [6.07, 6.45) is 17.4. The van der Waals surface area contributed by atoms with Crippen LogP contribution in [0.15, 0.2) is 97.1 Å². The van der Waals surface area contributed by atoms with Gasteiger partial charge in [0.1, 0.15) is 0 Å². The van der Waals surface area contributed by atoms with Crippen LogP contribution in [0.3, 0.4) is 0 Å². The number of benzene rings is 4. The number of hydrogen-bond donors (Lipinski definition) is 1. The normalized spacial score (nSPS) is 20.5. The van der Waals surface area contributed by atoms with Crippen molar-refractivity contribution in [3.63, 3.8) is 0 Å². The summed E-state index contributed by atoms with van der Waals surface area (Å²) in [7, 11) is 1.97. The quantitative estimate of drug-likeness (QED) is 0.152. The summed E-state index contributed by atoms with van der Waals surface area (Å²) < 4.78 is 4.94. The monoisotopic (exact) mass is 813 g/mol. The van der Waals surface area contributed by atoms with E-state index >= 15 is 0 Å². The average molecular weight is 813 g/mol. The summed E-state index contributed by atoms with van der Waals surface area (Å²) >= 11 is 0. The molecule has 0 spiro atoms. The van der Waals surface area contributed by atoms with E-state index in [0.717, 1.165) is 51.6 Å². The summed E-state index contributed by atoms with van der Waals surface area (Å²) in [5.41, 5.74) is 11.7. The molecule has 3 saturated heterocycles. The van der Waals surface area contributed by atoms with E-state index in [0.29, 0.717) is 18.1 Å². The lowest BCUT2D eigenvalue weighted by Gasteiger charge is -2.39. The molecular weight excluding hydrogens is 735 g/mol. The predicted octanol–water partition coefficient (Wildman–Crippen LogP) is 10.6. The highest BCUT2D eigenvalue weighted by Gasteiger charge is 2.32. The minimum absolute atomic E-state index is 0. The highest BCUT2D eigenvalue weighted by atomic mass is 16.5. The van der Waals surface area contributed by atoms with Gasteiger partial charge in [-0.2, -0.15) is 0 Å². The van der Waals surface area contributed by atoms with Crippen LogP contribution in [0, 0.1) is 13.8 Å². The fourth-order valence-electron chi connectivity index (χ4n) is 10.7. The molecule has 0 aromatic heterocycles. The van der Waals surface area contributed by atoms with E-state index in [-0.39, 0.29) is 14.5 Å². The van der Waals surface area contributed by atoms with Gasteiger partial charge in [0, 0.05) is 61.8 Å². The Balaban J connectivity index is 0.000000178. The maximum atomic E-state index is 10.2. The minimum atomic E-state index is -0.340. The Morgan fingerprint density at radius 1 is 0.583 bits per heavy atom. The first-order chi connectivity index (χ1) is 28.9. The van der Waals surface area contributed by atoms with E-state index in [1.807, 2.05) is 6.82 Å². The van der Waals surface area contributed by atoms with E-state index < -0.39 is 0 Å². The molecule has 4 aromatic rings. The first-order valence-electron chi connectivity index (χ1n) is 23.4. The Hall–Kier alpha value is -3.62. The van der Waals surface area contributed by atoms with Crippen LogP contribution in [0.25, 0.3) is 0 Å². The van der Waals surface area contributed by atoms with E-state index in [2.05, 4.69) is 137 Å². The Labute approximate surface area is 365 Å². The lowest BCUT2D eigenvalue weighted by atomic mass is 9.79. The molecule has 3 heterocycles. The third-order valence-corrected chi connectivity index (χ3v) is 14.1. The molecule has 2 atom stereocenters. The summed E-state index contributed by atoms with van der Waals surface area (Å²) in [6.45, 7) is 12.9. The molecule has 9 rings (SSSR count). The highest BCUT2D eigenvalue weighted by Crippen LogP contribution is 2.34. The molecule has 4 aromatic carbocycles. The van der Waals surface area contributed by atoms with Crippen LogP contribution < -0.4 is 9.80 Å². The van der Waals surface area contributed by atoms with E-state index in [4.69, 9.17) is 4.74 Å². The fraction of sp³-hybridized carbons (Fsp3) is 0.547. The van der Waals surface area contributed by atoms with Gasteiger partial charge in [0.2, 0.25) is 0 Å². The van der Waals surface area contributed by atoms with Crippen LogP contribution in [0.2, 0.25) is 6.82 Å². The second-order valence-electron chi connectivity index (χ2n) is 18.2. The second-order valence-corrected chi connectivity index (χ2v) is 18.2. The van der Waals surface area contributed by atoms with Gasteiger partial charge in [0.25, 0.3) is 0 Å². The molecule has 2 aliphatic carbocycles. The van der Waals surface area contributed by atoms with Gasteiger partial charge in [-0.05, 0) is 163 Å². The molecule has 3 fully saturated rings. The first-order valence-corrected chi connectivity index (χ1v) is 23.4. The van der Waals surface area contributed by atoms with Crippen LogP contribution in [-0.2, 0) is 30.4 Å². The molecule has 1 N–H and O–H groups in total. The number of aryl methyl sites for hydroxylation is 2. The summed E-state index contributed by atoms with van der Waals surface area (Å²) in [5.74, 6) is 0. The van der Waals surface area contributed by atoms with E-state index in [1.165, 1.54) is 117 Å². The number of hydrogen-bond acceptors (Lipinski definition) is 6. The third-order valence-electron chi connectivity index (χ3n) is 14.1. The Bertz CT molecular complexity index is 1820. The SMILES string of the molecule is C.C1CCOC1.CB(O)N1CCCC[C@@H]1CCN(c1ccccc1C)C1Cc2ccccc2C1.Cc1ccccc1N(CC[C@H]1CCCCN1C)C1Cc2ccccc2C1. The highest BCUT2D eigenvalue weighted by molar-refractivity contribution is 6.45. The van der Waals surface area contributed by atoms with Crippen molar-refractivity contribution < 1.29 is 9.76 Å². The molecule has 7 heteroatoms. The number of anilines is 2. The number of para-hydroxylation sites is 2. The van der Waals surface area contributed by atoms with Gasteiger partial charge in [0.05, 0.1) is 0 Å². The van der Waals surface area contributed by atoms with Crippen LogP contribution in [0.1, 0.15) is 105 Å². The molecule has 60 heavy (non-hydrogen) atoms. The van der Waals surface area contributed by atoms with Crippen molar-refractivity contribution in [3.8, 4) is 0 Å². The largest absolute Gasteiger partial charge is 0.437 e. The van der Waals surface area contributed by atoms with Crippen molar-refractivity contribution >= 4 is 18.4 Å². The summed E-state index contributed by atoms with van der Waals surface area (Å²) in [4.78, 5) is 10.3. The third kappa shape index (κ3) is 12.1. The number of fused-ring (bicyclic) bond motifs is 2.